The largest absolute Gasteiger partial charge is 0.341 e. The van der Waals surface area contributed by atoms with E-state index < -0.39 is 0 Å². The molecular weight excluding hydrogens is 348 g/mol. The molecule has 0 fully saturated rings. The quantitative estimate of drug-likeness (QED) is 0.596. The Hall–Kier alpha value is -2.92. The minimum atomic E-state index is 0.00803. The number of aromatic amines is 1. The van der Waals surface area contributed by atoms with E-state index in [0.29, 0.717) is 12.4 Å². The number of rotatable bonds is 3. The Balaban J connectivity index is 1.49. The third kappa shape index (κ3) is 2.74. The van der Waals surface area contributed by atoms with Crippen LogP contribution in [0, 0.1) is 6.92 Å². The second-order valence-corrected chi connectivity index (χ2v) is 7.65. The molecule has 0 bridgehead atoms. The summed E-state index contributed by atoms with van der Waals surface area (Å²) in [6, 6.07) is 15.4. The number of aromatic nitrogens is 3. The first-order chi connectivity index (χ1) is 13.6. The van der Waals surface area contributed by atoms with Crippen LogP contribution in [0.2, 0.25) is 0 Å². The molecule has 2 aromatic carbocycles. The molecule has 0 saturated carbocycles. The SMILES string of the molecule is CCn1c2ccccc2c2cc(CN3CCc4nc(C)[nH]c(=O)c4C3)ccc21. The summed E-state index contributed by atoms with van der Waals surface area (Å²) in [4.78, 5) is 22.0. The average Bonchev–Trinajstić information content (AvgIpc) is 3.01. The number of nitrogens with zero attached hydrogens (tertiary/aromatic N) is 3. The topological polar surface area (TPSA) is 53.9 Å². The Bertz CT molecular complexity index is 1250. The van der Waals surface area contributed by atoms with Crippen molar-refractivity contribution in [2.45, 2.75) is 39.9 Å². The summed E-state index contributed by atoms with van der Waals surface area (Å²) in [6.45, 7) is 7.43. The van der Waals surface area contributed by atoms with Gasteiger partial charge in [0.2, 0.25) is 0 Å². The fourth-order valence-corrected chi connectivity index (χ4v) is 4.54. The molecule has 0 radical (unpaired) electrons. The van der Waals surface area contributed by atoms with Crippen LogP contribution < -0.4 is 5.56 Å². The van der Waals surface area contributed by atoms with E-state index in [9.17, 15) is 4.79 Å². The minimum Gasteiger partial charge on any atom is -0.341 e. The molecule has 1 aliphatic heterocycles. The van der Waals surface area contributed by atoms with Gasteiger partial charge in [0.1, 0.15) is 5.82 Å². The predicted octanol–water partition coefficient (Wildman–Crippen LogP) is 3.76. The zero-order chi connectivity index (χ0) is 19.3. The number of hydrogen-bond donors (Lipinski definition) is 1. The van der Waals surface area contributed by atoms with Crippen LogP contribution in [0.25, 0.3) is 21.8 Å². The highest BCUT2D eigenvalue weighted by molar-refractivity contribution is 6.08. The maximum absolute atomic E-state index is 12.3. The van der Waals surface area contributed by atoms with E-state index in [2.05, 4.69) is 68.8 Å². The first-order valence-corrected chi connectivity index (χ1v) is 9.95. The molecule has 1 aliphatic rings. The van der Waals surface area contributed by atoms with Crippen molar-refractivity contribution >= 4 is 21.8 Å². The lowest BCUT2D eigenvalue weighted by Crippen LogP contribution is -2.35. The zero-order valence-corrected chi connectivity index (χ0v) is 16.3. The van der Waals surface area contributed by atoms with E-state index in [1.54, 1.807) is 0 Å². The van der Waals surface area contributed by atoms with Gasteiger partial charge in [-0.15, -0.1) is 0 Å². The maximum Gasteiger partial charge on any atom is 0.255 e. The van der Waals surface area contributed by atoms with E-state index >= 15 is 0 Å². The van der Waals surface area contributed by atoms with E-state index in [1.807, 2.05) is 6.92 Å². The molecule has 0 amide bonds. The number of aryl methyl sites for hydroxylation is 2. The monoisotopic (exact) mass is 372 g/mol. The zero-order valence-electron chi connectivity index (χ0n) is 16.3. The Morgan fingerprint density at radius 2 is 1.93 bits per heavy atom. The Kier molecular flexibility index (Phi) is 4.05. The van der Waals surface area contributed by atoms with Crippen LogP contribution in [0.4, 0.5) is 0 Å². The number of hydrogen-bond acceptors (Lipinski definition) is 3. The molecule has 5 rings (SSSR count). The lowest BCUT2D eigenvalue weighted by Gasteiger charge is -2.27. The normalized spacial score (nSPS) is 14.6. The maximum atomic E-state index is 12.3. The number of fused-ring (bicyclic) bond motifs is 4. The molecule has 0 unspecified atom stereocenters. The van der Waals surface area contributed by atoms with Gasteiger partial charge in [-0.25, -0.2) is 4.98 Å². The van der Waals surface area contributed by atoms with Crippen molar-refractivity contribution in [2.24, 2.45) is 0 Å². The van der Waals surface area contributed by atoms with Gasteiger partial charge < -0.3 is 9.55 Å². The summed E-state index contributed by atoms with van der Waals surface area (Å²) < 4.78 is 2.37. The van der Waals surface area contributed by atoms with Crippen LogP contribution in [0.1, 0.15) is 29.6 Å². The van der Waals surface area contributed by atoms with Crippen LogP contribution in [-0.4, -0.2) is 26.0 Å². The molecule has 4 aromatic rings. The molecule has 5 nitrogen and oxygen atoms in total. The number of para-hydroxylation sites is 1. The first-order valence-electron chi connectivity index (χ1n) is 9.95. The van der Waals surface area contributed by atoms with Gasteiger partial charge in [-0.1, -0.05) is 24.3 Å². The first kappa shape index (κ1) is 17.2. The molecule has 3 heterocycles. The minimum absolute atomic E-state index is 0.00803. The van der Waals surface area contributed by atoms with Gasteiger partial charge in [0.05, 0.1) is 11.3 Å². The number of benzene rings is 2. The fraction of sp³-hybridized carbons (Fsp3) is 0.304. The third-order valence-electron chi connectivity index (χ3n) is 5.83. The fourth-order valence-electron chi connectivity index (χ4n) is 4.54. The van der Waals surface area contributed by atoms with Crippen LogP contribution >= 0.6 is 0 Å². The molecular formula is C23H24N4O. The Labute approximate surface area is 163 Å². The van der Waals surface area contributed by atoms with Crippen LogP contribution in [0.15, 0.2) is 47.3 Å². The smallest absolute Gasteiger partial charge is 0.255 e. The van der Waals surface area contributed by atoms with Crippen molar-refractivity contribution < 1.29 is 0 Å². The highest BCUT2D eigenvalue weighted by Gasteiger charge is 2.21. The van der Waals surface area contributed by atoms with Gasteiger partial charge in [0.15, 0.2) is 0 Å². The summed E-state index contributed by atoms with van der Waals surface area (Å²) in [7, 11) is 0. The number of nitrogens with one attached hydrogen (secondary N) is 1. The van der Waals surface area contributed by atoms with Gasteiger partial charge in [0, 0.05) is 54.4 Å². The van der Waals surface area contributed by atoms with Crippen molar-refractivity contribution in [3.05, 3.63) is 75.5 Å². The summed E-state index contributed by atoms with van der Waals surface area (Å²) in [5.74, 6) is 0.704. The van der Waals surface area contributed by atoms with E-state index in [-0.39, 0.29) is 5.56 Å². The highest BCUT2D eigenvalue weighted by Crippen LogP contribution is 2.30. The standard InChI is InChI=1S/C23H24N4O/c1-3-27-21-7-5-4-6-17(21)18-12-16(8-9-22(18)27)13-26-11-10-20-19(14-26)23(28)25-15(2)24-20/h4-9,12H,3,10-11,13-14H2,1-2H3,(H,24,25,28). The van der Waals surface area contributed by atoms with Gasteiger partial charge >= 0.3 is 0 Å². The average molecular weight is 372 g/mol. The van der Waals surface area contributed by atoms with E-state index in [0.717, 1.165) is 37.3 Å². The molecule has 0 atom stereocenters. The van der Waals surface area contributed by atoms with Gasteiger partial charge in [-0.05, 0) is 37.6 Å². The van der Waals surface area contributed by atoms with Crippen molar-refractivity contribution in [3.63, 3.8) is 0 Å². The second kappa shape index (κ2) is 6.60. The molecule has 28 heavy (non-hydrogen) atoms. The van der Waals surface area contributed by atoms with Crippen molar-refractivity contribution in [1.82, 2.24) is 19.4 Å². The predicted molar refractivity (Wildman–Crippen MR) is 113 cm³/mol. The van der Waals surface area contributed by atoms with E-state index in [4.69, 9.17) is 0 Å². The van der Waals surface area contributed by atoms with Crippen molar-refractivity contribution in [1.29, 1.82) is 0 Å². The van der Waals surface area contributed by atoms with Crippen LogP contribution in [-0.2, 0) is 26.1 Å². The van der Waals surface area contributed by atoms with Gasteiger partial charge in [-0.2, -0.15) is 0 Å². The number of H-pyrrole nitrogens is 1. The molecule has 0 spiro atoms. The second-order valence-electron chi connectivity index (χ2n) is 7.65. The Morgan fingerprint density at radius 3 is 2.79 bits per heavy atom. The summed E-state index contributed by atoms with van der Waals surface area (Å²) >= 11 is 0. The molecule has 5 heteroatoms. The molecule has 1 N–H and O–H groups in total. The summed E-state index contributed by atoms with van der Waals surface area (Å²) in [6.07, 6.45) is 0.831. The van der Waals surface area contributed by atoms with Crippen molar-refractivity contribution in [3.8, 4) is 0 Å². The molecule has 2 aromatic heterocycles. The van der Waals surface area contributed by atoms with E-state index in [1.165, 1.54) is 27.4 Å². The highest BCUT2D eigenvalue weighted by atomic mass is 16.1. The van der Waals surface area contributed by atoms with Crippen LogP contribution in [0.5, 0.6) is 0 Å². The van der Waals surface area contributed by atoms with Crippen molar-refractivity contribution in [2.75, 3.05) is 6.54 Å². The summed E-state index contributed by atoms with van der Waals surface area (Å²) in [5, 5.41) is 2.61. The Morgan fingerprint density at radius 1 is 1.11 bits per heavy atom. The van der Waals surface area contributed by atoms with Crippen LogP contribution in [0.3, 0.4) is 0 Å². The molecule has 0 aliphatic carbocycles. The molecule has 142 valence electrons. The molecule has 0 saturated heterocycles. The summed E-state index contributed by atoms with van der Waals surface area (Å²) in [5.41, 5.74) is 5.64. The lowest BCUT2D eigenvalue weighted by atomic mass is 10.0. The third-order valence-corrected chi connectivity index (χ3v) is 5.83. The van der Waals surface area contributed by atoms with Gasteiger partial charge in [0.25, 0.3) is 5.56 Å². The lowest BCUT2D eigenvalue weighted by molar-refractivity contribution is 0.241. The van der Waals surface area contributed by atoms with Gasteiger partial charge in [-0.3, -0.25) is 9.69 Å².